The molecule has 23 heavy (non-hydrogen) atoms. The molecule has 0 radical (unpaired) electrons. The van der Waals surface area contributed by atoms with Crippen LogP contribution in [0.15, 0.2) is 36.4 Å². The molecule has 0 aliphatic heterocycles. The van der Waals surface area contributed by atoms with E-state index in [-0.39, 0.29) is 5.92 Å². The second-order valence-electron chi connectivity index (χ2n) is 5.77. The largest absolute Gasteiger partial charge is 0.323 e. The maximum absolute atomic E-state index is 8.91. The van der Waals surface area contributed by atoms with Crippen LogP contribution in [0.5, 0.6) is 0 Å². The molecule has 0 atom stereocenters. The van der Waals surface area contributed by atoms with E-state index in [1.807, 2.05) is 30.3 Å². The Balaban J connectivity index is 2.12. The Kier molecular flexibility index (Phi) is 4.30. The average molecular weight is 344 g/mol. The van der Waals surface area contributed by atoms with E-state index >= 15 is 0 Å². The molecule has 0 unspecified atom stereocenters. The normalized spacial score (nSPS) is 11.1. The van der Waals surface area contributed by atoms with E-state index in [1.54, 1.807) is 6.07 Å². The lowest BCUT2D eigenvalue weighted by molar-refractivity contribution is 0.683. The lowest BCUT2D eigenvalue weighted by Gasteiger charge is -2.12. The van der Waals surface area contributed by atoms with Crippen LogP contribution in [0.2, 0.25) is 10.0 Å². The van der Waals surface area contributed by atoms with Gasteiger partial charge in [-0.15, -0.1) is 0 Å². The van der Waals surface area contributed by atoms with Crippen molar-refractivity contribution < 1.29 is 0 Å². The zero-order valence-corrected chi connectivity index (χ0v) is 14.4. The van der Waals surface area contributed by atoms with Gasteiger partial charge in [-0.1, -0.05) is 49.2 Å². The summed E-state index contributed by atoms with van der Waals surface area (Å²) in [6.45, 7) is 4.90. The van der Waals surface area contributed by atoms with Crippen LogP contribution in [0.25, 0.3) is 11.0 Å². The van der Waals surface area contributed by atoms with Gasteiger partial charge in [0.1, 0.15) is 5.82 Å². The summed E-state index contributed by atoms with van der Waals surface area (Å²) in [7, 11) is 0. The first-order valence-corrected chi connectivity index (χ1v) is 8.09. The molecule has 0 N–H and O–H groups in total. The van der Waals surface area contributed by atoms with Crippen LogP contribution in [-0.4, -0.2) is 9.55 Å². The lowest BCUT2D eigenvalue weighted by atomic mass is 10.1. The molecule has 0 amide bonds. The fraction of sp³-hybridized carbons (Fsp3) is 0.222. The van der Waals surface area contributed by atoms with Crippen LogP contribution in [0, 0.1) is 11.3 Å². The summed E-state index contributed by atoms with van der Waals surface area (Å²) in [5.74, 6) is 1.26. The highest BCUT2D eigenvalue weighted by Crippen LogP contribution is 2.30. The number of aromatic nitrogens is 2. The number of nitriles is 1. The van der Waals surface area contributed by atoms with Crippen LogP contribution in [0.1, 0.15) is 36.7 Å². The molecule has 0 bridgehead atoms. The molecule has 2 aromatic carbocycles. The van der Waals surface area contributed by atoms with E-state index in [0.29, 0.717) is 22.2 Å². The van der Waals surface area contributed by atoms with E-state index in [4.69, 9.17) is 33.4 Å². The highest BCUT2D eigenvalue weighted by Gasteiger charge is 2.15. The fourth-order valence-electron chi connectivity index (χ4n) is 2.61. The molecular formula is C18H15Cl2N3. The van der Waals surface area contributed by atoms with Crippen molar-refractivity contribution in [3.8, 4) is 6.07 Å². The van der Waals surface area contributed by atoms with E-state index in [0.717, 1.165) is 22.4 Å². The number of hydrogen-bond donors (Lipinski definition) is 0. The summed E-state index contributed by atoms with van der Waals surface area (Å²) in [5.41, 5.74) is 3.57. The summed E-state index contributed by atoms with van der Waals surface area (Å²) in [4.78, 5) is 4.71. The van der Waals surface area contributed by atoms with Gasteiger partial charge in [-0.25, -0.2) is 4.98 Å². The molecular weight excluding hydrogens is 329 g/mol. The number of rotatable bonds is 3. The van der Waals surface area contributed by atoms with Gasteiger partial charge in [0.15, 0.2) is 0 Å². The molecule has 0 fully saturated rings. The fourth-order valence-corrected chi connectivity index (χ4v) is 2.93. The van der Waals surface area contributed by atoms with Gasteiger partial charge in [0, 0.05) is 12.5 Å². The maximum atomic E-state index is 8.91. The maximum Gasteiger partial charge on any atom is 0.112 e. The Morgan fingerprint density at radius 2 is 1.78 bits per heavy atom. The smallest absolute Gasteiger partial charge is 0.112 e. The van der Waals surface area contributed by atoms with Crippen LogP contribution in [-0.2, 0) is 6.54 Å². The first-order chi connectivity index (χ1) is 11.0. The van der Waals surface area contributed by atoms with Gasteiger partial charge in [-0.2, -0.15) is 5.26 Å². The molecule has 1 aromatic heterocycles. The van der Waals surface area contributed by atoms with Crippen molar-refractivity contribution in [1.29, 1.82) is 5.26 Å². The minimum absolute atomic E-state index is 0.276. The predicted octanol–water partition coefficient (Wildman–Crippen LogP) is 5.39. The number of benzene rings is 2. The van der Waals surface area contributed by atoms with Crippen LogP contribution >= 0.6 is 23.2 Å². The molecule has 0 saturated carbocycles. The Morgan fingerprint density at radius 1 is 1.13 bits per heavy atom. The van der Waals surface area contributed by atoms with Gasteiger partial charge in [-0.05, 0) is 29.8 Å². The Bertz CT molecular complexity index is 903. The van der Waals surface area contributed by atoms with Crippen molar-refractivity contribution in [3.63, 3.8) is 0 Å². The summed E-state index contributed by atoms with van der Waals surface area (Å²) in [6.07, 6.45) is 0. The number of halogens is 2. The Labute approximate surface area is 145 Å². The molecule has 116 valence electrons. The standard InChI is InChI=1S/C18H15Cl2N3/c1-11(2)18-22-16-7-14(19)15(20)8-17(16)23(18)10-13-5-3-12(9-21)4-6-13/h3-8,11H,10H2,1-2H3. The van der Waals surface area contributed by atoms with Crippen molar-refractivity contribution in [2.45, 2.75) is 26.3 Å². The SMILES string of the molecule is CC(C)c1nc2cc(Cl)c(Cl)cc2n1Cc1ccc(C#N)cc1. The summed E-state index contributed by atoms with van der Waals surface area (Å²) >= 11 is 12.3. The quantitative estimate of drug-likeness (QED) is 0.639. The third-order valence-electron chi connectivity index (χ3n) is 3.76. The lowest BCUT2D eigenvalue weighted by Crippen LogP contribution is -2.06. The molecule has 0 aliphatic rings. The van der Waals surface area contributed by atoms with Crippen molar-refractivity contribution in [3.05, 3.63) is 63.4 Å². The summed E-state index contributed by atoms with van der Waals surface area (Å²) < 4.78 is 2.16. The number of fused-ring (bicyclic) bond motifs is 1. The Morgan fingerprint density at radius 3 is 2.39 bits per heavy atom. The molecule has 0 saturated heterocycles. The number of imidazole rings is 1. The van der Waals surface area contributed by atoms with Crippen molar-refractivity contribution in [2.75, 3.05) is 0 Å². The van der Waals surface area contributed by atoms with Crippen molar-refractivity contribution >= 4 is 34.2 Å². The molecule has 3 nitrogen and oxygen atoms in total. The van der Waals surface area contributed by atoms with Gasteiger partial charge in [0.05, 0.1) is 32.7 Å². The summed E-state index contributed by atoms with van der Waals surface area (Å²) in [6, 6.07) is 13.4. The van der Waals surface area contributed by atoms with Gasteiger partial charge in [0.25, 0.3) is 0 Å². The minimum Gasteiger partial charge on any atom is -0.323 e. The third kappa shape index (κ3) is 3.06. The molecule has 0 aliphatic carbocycles. The van der Waals surface area contributed by atoms with Crippen LogP contribution in [0.3, 0.4) is 0 Å². The third-order valence-corrected chi connectivity index (χ3v) is 4.48. The van der Waals surface area contributed by atoms with E-state index in [9.17, 15) is 0 Å². The first kappa shape index (κ1) is 15.9. The number of hydrogen-bond acceptors (Lipinski definition) is 2. The second-order valence-corrected chi connectivity index (χ2v) is 6.59. The van der Waals surface area contributed by atoms with Gasteiger partial charge in [0.2, 0.25) is 0 Å². The molecule has 1 heterocycles. The highest BCUT2D eigenvalue weighted by atomic mass is 35.5. The molecule has 0 spiro atoms. The monoisotopic (exact) mass is 343 g/mol. The molecule has 3 aromatic rings. The molecule has 5 heteroatoms. The minimum atomic E-state index is 0.276. The topological polar surface area (TPSA) is 41.6 Å². The predicted molar refractivity (Wildman–Crippen MR) is 94.1 cm³/mol. The second kappa shape index (κ2) is 6.23. The van der Waals surface area contributed by atoms with Crippen molar-refractivity contribution in [1.82, 2.24) is 9.55 Å². The van der Waals surface area contributed by atoms with E-state index in [2.05, 4.69) is 24.5 Å². The summed E-state index contributed by atoms with van der Waals surface area (Å²) in [5, 5.41) is 9.94. The van der Waals surface area contributed by atoms with Crippen LogP contribution < -0.4 is 0 Å². The van der Waals surface area contributed by atoms with Crippen molar-refractivity contribution in [2.24, 2.45) is 0 Å². The van der Waals surface area contributed by atoms with Gasteiger partial charge >= 0.3 is 0 Å². The van der Waals surface area contributed by atoms with E-state index < -0.39 is 0 Å². The zero-order chi connectivity index (χ0) is 16.6. The first-order valence-electron chi connectivity index (χ1n) is 7.34. The molecule has 3 rings (SSSR count). The highest BCUT2D eigenvalue weighted by molar-refractivity contribution is 6.42. The Hall–Kier alpha value is -2.02. The average Bonchev–Trinajstić information content (AvgIpc) is 2.87. The van der Waals surface area contributed by atoms with Crippen LogP contribution in [0.4, 0.5) is 0 Å². The zero-order valence-electron chi connectivity index (χ0n) is 12.8. The van der Waals surface area contributed by atoms with E-state index in [1.165, 1.54) is 0 Å². The van der Waals surface area contributed by atoms with Gasteiger partial charge in [-0.3, -0.25) is 0 Å². The van der Waals surface area contributed by atoms with Gasteiger partial charge < -0.3 is 4.57 Å². The number of nitrogens with zero attached hydrogens (tertiary/aromatic N) is 3.